The number of hydrogen-bond acceptors (Lipinski definition) is 3. The van der Waals surface area contributed by atoms with E-state index in [0.29, 0.717) is 17.4 Å². The normalized spacial score (nSPS) is 11.0. The van der Waals surface area contributed by atoms with Crippen LogP contribution < -0.4 is 10.9 Å². The Morgan fingerprint density at radius 1 is 1.22 bits per heavy atom. The van der Waals surface area contributed by atoms with Crippen LogP contribution in [0.4, 0.5) is 5.82 Å². The predicted octanol–water partition coefficient (Wildman–Crippen LogP) is 4.33. The molecule has 0 aliphatic rings. The Morgan fingerprint density at radius 3 is 2.93 bits per heavy atom. The molecule has 27 heavy (non-hydrogen) atoms. The Labute approximate surface area is 161 Å². The summed E-state index contributed by atoms with van der Waals surface area (Å²) in [5.41, 5.74) is 3.82. The number of nitrogens with zero attached hydrogens (tertiary/aromatic N) is 2. The largest absolute Gasteiger partial charge is 0.365 e. The summed E-state index contributed by atoms with van der Waals surface area (Å²) in [6.45, 7) is 2.54. The van der Waals surface area contributed by atoms with E-state index in [-0.39, 0.29) is 5.56 Å². The van der Waals surface area contributed by atoms with E-state index in [1.165, 1.54) is 10.9 Å². The molecule has 0 fully saturated rings. The number of hydrogen-bond donors (Lipinski definition) is 2. The first kappa shape index (κ1) is 17.4. The van der Waals surface area contributed by atoms with E-state index in [0.717, 1.165) is 23.2 Å². The lowest BCUT2D eigenvalue weighted by Gasteiger charge is -2.10. The Balaban J connectivity index is 1.53. The Bertz CT molecular complexity index is 1160. The standard InChI is InChI=1S/C21H19ClN4O/c1-14-6-7-16(12-18(14)22)26-11-10-24-20(21(26)27)23-9-8-15-13-25-19-5-3-2-4-17(15)19/h2-7,10-13,25H,8-9H2,1H3,(H,23,24). The number of anilines is 1. The fraction of sp³-hybridized carbons (Fsp3) is 0.143. The van der Waals surface area contributed by atoms with Crippen LogP contribution in [0.25, 0.3) is 16.6 Å². The predicted molar refractivity (Wildman–Crippen MR) is 110 cm³/mol. The van der Waals surface area contributed by atoms with Gasteiger partial charge in [0.05, 0.1) is 5.69 Å². The Hall–Kier alpha value is -3.05. The molecule has 2 N–H and O–H groups in total. The lowest BCUT2D eigenvalue weighted by atomic mass is 10.1. The number of benzene rings is 2. The SMILES string of the molecule is Cc1ccc(-n2ccnc(NCCc3c[nH]c4ccccc34)c2=O)cc1Cl. The van der Waals surface area contributed by atoms with Crippen molar-refractivity contribution >= 4 is 28.3 Å². The molecule has 4 rings (SSSR count). The third kappa shape index (κ3) is 3.46. The molecule has 4 aromatic rings. The molecule has 2 aromatic heterocycles. The van der Waals surface area contributed by atoms with Crippen molar-refractivity contribution in [3.8, 4) is 5.69 Å². The zero-order chi connectivity index (χ0) is 18.8. The van der Waals surface area contributed by atoms with Crippen LogP contribution in [0.1, 0.15) is 11.1 Å². The third-order valence-corrected chi connectivity index (χ3v) is 5.04. The van der Waals surface area contributed by atoms with Gasteiger partial charge < -0.3 is 10.3 Å². The van der Waals surface area contributed by atoms with Gasteiger partial charge in [-0.2, -0.15) is 0 Å². The number of H-pyrrole nitrogens is 1. The van der Waals surface area contributed by atoms with Crippen molar-refractivity contribution in [2.45, 2.75) is 13.3 Å². The molecule has 0 radical (unpaired) electrons. The molecule has 0 saturated carbocycles. The Morgan fingerprint density at radius 2 is 2.07 bits per heavy atom. The van der Waals surface area contributed by atoms with E-state index < -0.39 is 0 Å². The second-order valence-corrected chi connectivity index (χ2v) is 6.83. The van der Waals surface area contributed by atoms with Crippen LogP contribution >= 0.6 is 11.6 Å². The van der Waals surface area contributed by atoms with Crippen molar-refractivity contribution in [2.24, 2.45) is 0 Å². The molecule has 0 spiro atoms. The first-order chi connectivity index (χ1) is 13.1. The average molecular weight is 379 g/mol. The van der Waals surface area contributed by atoms with Gasteiger partial charge in [0.2, 0.25) is 0 Å². The first-order valence-corrected chi connectivity index (χ1v) is 9.14. The van der Waals surface area contributed by atoms with Gasteiger partial charge >= 0.3 is 0 Å². The van der Waals surface area contributed by atoms with Gasteiger partial charge in [0.1, 0.15) is 0 Å². The molecule has 0 unspecified atom stereocenters. The van der Waals surface area contributed by atoms with Crippen molar-refractivity contribution < 1.29 is 0 Å². The van der Waals surface area contributed by atoms with E-state index in [1.807, 2.05) is 37.4 Å². The number of aromatic nitrogens is 3. The monoisotopic (exact) mass is 378 g/mol. The molecule has 0 atom stereocenters. The summed E-state index contributed by atoms with van der Waals surface area (Å²) in [5.74, 6) is 0.328. The summed E-state index contributed by atoms with van der Waals surface area (Å²) in [4.78, 5) is 20.2. The minimum absolute atomic E-state index is 0.198. The maximum atomic E-state index is 12.8. The van der Waals surface area contributed by atoms with Crippen molar-refractivity contribution in [1.82, 2.24) is 14.5 Å². The highest BCUT2D eigenvalue weighted by molar-refractivity contribution is 6.31. The zero-order valence-corrected chi connectivity index (χ0v) is 15.6. The minimum atomic E-state index is -0.198. The fourth-order valence-electron chi connectivity index (χ4n) is 3.12. The summed E-state index contributed by atoms with van der Waals surface area (Å²) in [5, 5.41) is 4.99. The van der Waals surface area contributed by atoms with E-state index in [9.17, 15) is 4.79 Å². The second-order valence-electron chi connectivity index (χ2n) is 6.42. The number of aryl methyl sites for hydroxylation is 1. The van der Waals surface area contributed by atoms with Crippen molar-refractivity contribution in [2.75, 3.05) is 11.9 Å². The molecule has 0 amide bonds. The van der Waals surface area contributed by atoms with Crippen molar-refractivity contribution in [3.05, 3.63) is 87.6 Å². The van der Waals surface area contributed by atoms with Gasteiger partial charge in [-0.25, -0.2) is 4.98 Å². The van der Waals surface area contributed by atoms with Crippen molar-refractivity contribution in [3.63, 3.8) is 0 Å². The molecule has 2 aromatic carbocycles. The molecule has 0 aliphatic carbocycles. The minimum Gasteiger partial charge on any atom is -0.365 e. The van der Waals surface area contributed by atoms with Gasteiger partial charge in [-0.1, -0.05) is 35.9 Å². The van der Waals surface area contributed by atoms with E-state index in [2.05, 4.69) is 27.4 Å². The molecule has 136 valence electrons. The number of para-hydroxylation sites is 1. The molecule has 0 aliphatic heterocycles. The highest BCUT2D eigenvalue weighted by Crippen LogP contribution is 2.19. The number of fused-ring (bicyclic) bond motifs is 1. The fourth-order valence-corrected chi connectivity index (χ4v) is 3.30. The summed E-state index contributed by atoms with van der Waals surface area (Å²) < 4.78 is 1.55. The summed E-state index contributed by atoms with van der Waals surface area (Å²) in [7, 11) is 0. The van der Waals surface area contributed by atoms with Gasteiger partial charge in [-0.05, 0) is 42.7 Å². The van der Waals surface area contributed by atoms with Crippen LogP contribution in [0.15, 0.2) is 65.8 Å². The van der Waals surface area contributed by atoms with Crippen LogP contribution in [0.5, 0.6) is 0 Å². The lowest BCUT2D eigenvalue weighted by Crippen LogP contribution is -2.24. The highest BCUT2D eigenvalue weighted by Gasteiger charge is 2.08. The third-order valence-electron chi connectivity index (χ3n) is 4.64. The lowest BCUT2D eigenvalue weighted by molar-refractivity contribution is 0.933. The van der Waals surface area contributed by atoms with Crippen LogP contribution in [0, 0.1) is 6.92 Å². The average Bonchev–Trinajstić information content (AvgIpc) is 3.09. The van der Waals surface area contributed by atoms with Crippen LogP contribution in [-0.4, -0.2) is 21.1 Å². The van der Waals surface area contributed by atoms with Gasteiger partial charge in [0.25, 0.3) is 5.56 Å². The summed E-state index contributed by atoms with van der Waals surface area (Å²) >= 11 is 6.19. The van der Waals surface area contributed by atoms with E-state index in [1.54, 1.807) is 23.0 Å². The van der Waals surface area contributed by atoms with Gasteiger partial charge in [-0.3, -0.25) is 9.36 Å². The molecule has 5 nitrogen and oxygen atoms in total. The number of nitrogens with one attached hydrogen (secondary N) is 2. The Kier molecular flexibility index (Phi) is 4.69. The van der Waals surface area contributed by atoms with Gasteiger partial charge in [0, 0.05) is 41.1 Å². The molecule has 0 bridgehead atoms. The zero-order valence-electron chi connectivity index (χ0n) is 14.9. The summed E-state index contributed by atoms with van der Waals surface area (Å²) in [6.07, 6.45) is 6.06. The topological polar surface area (TPSA) is 62.7 Å². The number of halogens is 1. The summed E-state index contributed by atoms with van der Waals surface area (Å²) in [6, 6.07) is 13.7. The second kappa shape index (κ2) is 7.29. The molecule has 2 heterocycles. The van der Waals surface area contributed by atoms with Crippen LogP contribution in [-0.2, 0) is 6.42 Å². The number of rotatable bonds is 5. The van der Waals surface area contributed by atoms with Gasteiger partial charge in [-0.15, -0.1) is 0 Å². The van der Waals surface area contributed by atoms with Crippen LogP contribution in [0.2, 0.25) is 5.02 Å². The molecule has 6 heteroatoms. The molecular weight excluding hydrogens is 360 g/mol. The highest BCUT2D eigenvalue weighted by atomic mass is 35.5. The van der Waals surface area contributed by atoms with Gasteiger partial charge in [0.15, 0.2) is 5.82 Å². The maximum absolute atomic E-state index is 12.8. The molecular formula is C21H19ClN4O. The smallest absolute Gasteiger partial charge is 0.297 e. The van der Waals surface area contributed by atoms with Crippen molar-refractivity contribution in [1.29, 1.82) is 0 Å². The maximum Gasteiger partial charge on any atom is 0.297 e. The van der Waals surface area contributed by atoms with E-state index in [4.69, 9.17) is 11.6 Å². The van der Waals surface area contributed by atoms with E-state index >= 15 is 0 Å². The first-order valence-electron chi connectivity index (χ1n) is 8.76. The molecule has 0 saturated heterocycles. The number of aromatic amines is 1. The quantitative estimate of drug-likeness (QED) is 0.543. The van der Waals surface area contributed by atoms with Crippen LogP contribution in [0.3, 0.4) is 0 Å².